The van der Waals surface area contributed by atoms with Crippen molar-refractivity contribution in [3.63, 3.8) is 0 Å². The van der Waals surface area contributed by atoms with Gasteiger partial charge in [-0.2, -0.15) is 5.10 Å². The van der Waals surface area contributed by atoms with E-state index in [1.54, 1.807) is 10.9 Å². The molecule has 0 N–H and O–H groups in total. The van der Waals surface area contributed by atoms with Crippen molar-refractivity contribution in [3.8, 4) is 0 Å². The van der Waals surface area contributed by atoms with E-state index in [2.05, 4.69) is 5.10 Å². The van der Waals surface area contributed by atoms with Crippen LogP contribution in [0.4, 0.5) is 0 Å². The SMILES string of the molecule is Cn1cc(CCC(=O)Cl)cn1. The summed E-state index contributed by atoms with van der Waals surface area (Å²) < 4.78 is 1.70. The summed E-state index contributed by atoms with van der Waals surface area (Å²) in [5.74, 6) is 0. The molecule has 0 aliphatic carbocycles. The van der Waals surface area contributed by atoms with Crippen LogP contribution in [0.2, 0.25) is 0 Å². The van der Waals surface area contributed by atoms with Gasteiger partial charge < -0.3 is 0 Å². The second kappa shape index (κ2) is 3.53. The maximum Gasteiger partial charge on any atom is 0.221 e. The van der Waals surface area contributed by atoms with Crippen molar-refractivity contribution < 1.29 is 4.79 Å². The first kappa shape index (κ1) is 8.27. The number of halogens is 1. The second-order valence-electron chi connectivity index (χ2n) is 2.38. The third-order valence-corrected chi connectivity index (χ3v) is 1.56. The fourth-order valence-electron chi connectivity index (χ4n) is 0.844. The van der Waals surface area contributed by atoms with E-state index < -0.39 is 0 Å². The first-order chi connectivity index (χ1) is 5.18. The first-order valence-electron chi connectivity index (χ1n) is 3.34. The van der Waals surface area contributed by atoms with Crippen LogP contribution in [0.3, 0.4) is 0 Å². The molecule has 0 saturated heterocycles. The van der Waals surface area contributed by atoms with E-state index in [0.717, 1.165) is 5.56 Å². The summed E-state index contributed by atoms with van der Waals surface area (Å²) in [6.45, 7) is 0. The van der Waals surface area contributed by atoms with Gasteiger partial charge in [-0.15, -0.1) is 0 Å². The van der Waals surface area contributed by atoms with Crippen molar-refractivity contribution in [2.75, 3.05) is 0 Å². The Labute approximate surface area is 70.0 Å². The average Bonchev–Trinajstić information content (AvgIpc) is 2.31. The summed E-state index contributed by atoms with van der Waals surface area (Å²) in [7, 11) is 1.84. The molecule has 0 atom stereocenters. The van der Waals surface area contributed by atoms with E-state index in [1.165, 1.54) is 0 Å². The van der Waals surface area contributed by atoms with Gasteiger partial charge in [0, 0.05) is 19.7 Å². The third-order valence-electron chi connectivity index (χ3n) is 1.37. The summed E-state index contributed by atoms with van der Waals surface area (Å²) in [5, 5.41) is 3.66. The van der Waals surface area contributed by atoms with Crippen LogP contribution in [0.15, 0.2) is 12.4 Å². The van der Waals surface area contributed by atoms with Crippen LogP contribution >= 0.6 is 11.6 Å². The van der Waals surface area contributed by atoms with Crippen molar-refractivity contribution in [2.24, 2.45) is 7.05 Å². The molecular formula is C7H9ClN2O. The van der Waals surface area contributed by atoms with Crippen LogP contribution in [0.1, 0.15) is 12.0 Å². The largest absolute Gasteiger partial charge is 0.281 e. The van der Waals surface area contributed by atoms with Crippen LogP contribution in [0.25, 0.3) is 0 Å². The highest BCUT2D eigenvalue weighted by molar-refractivity contribution is 6.63. The van der Waals surface area contributed by atoms with Crippen molar-refractivity contribution >= 4 is 16.8 Å². The molecule has 11 heavy (non-hydrogen) atoms. The minimum Gasteiger partial charge on any atom is -0.281 e. The first-order valence-corrected chi connectivity index (χ1v) is 3.72. The average molecular weight is 173 g/mol. The smallest absolute Gasteiger partial charge is 0.221 e. The van der Waals surface area contributed by atoms with E-state index >= 15 is 0 Å². The maximum absolute atomic E-state index is 10.4. The number of nitrogens with zero attached hydrogens (tertiary/aromatic N) is 2. The molecule has 0 bridgehead atoms. The molecule has 3 nitrogen and oxygen atoms in total. The molecular weight excluding hydrogens is 164 g/mol. The zero-order chi connectivity index (χ0) is 8.27. The van der Waals surface area contributed by atoms with E-state index in [-0.39, 0.29) is 5.24 Å². The molecule has 1 heterocycles. The summed E-state index contributed by atoms with van der Waals surface area (Å²) >= 11 is 5.17. The fourth-order valence-corrected chi connectivity index (χ4v) is 0.938. The van der Waals surface area contributed by atoms with Crippen LogP contribution < -0.4 is 0 Å². The summed E-state index contributed by atoms with van der Waals surface area (Å²) in [4.78, 5) is 10.4. The Balaban J connectivity index is 2.45. The summed E-state index contributed by atoms with van der Waals surface area (Å²) in [6.07, 6.45) is 4.67. The molecule has 1 aromatic heterocycles. The van der Waals surface area contributed by atoms with Crippen LogP contribution in [0, 0.1) is 0 Å². The highest BCUT2D eigenvalue weighted by Gasteiger charge is 1.99. The monoisotopic (exact) mass is 172 g/mol. The van der Waals surface area contributed by atoms with Crippen molar-refractivity contribution in [1.82, 2.24) is 9.78 Å². The van der Waals surface area contributed by atoms with E-state index in [9.17, 15) is 4.79 Å². The van der Waals surface area contributed by atoms with Crippen molar-refractivity contribution in [2.45, 2.75) is 12.8 Å². The zero-order valence-corrected chi connectivity index (χ0v) is 7.01. The molecule has 1 rings (SSSR count). The third kappa shape index (κ3) is 2.72. The topological polar surface area (TPSA) is 34.9 Å². The number of aromatic nitrogens is 2. The lowest BCUT2D eigenvalue weighted by molar-refractivity contribution is -0.111. The highest BCUT2D eigenvalue weighted by Crippen LogP contribution is 2.02. The molecule has 4 heteroatoms. The zero-order valence-electron chi connectivity index (χ0n) is 6.25. The van der Waals surface area contributed by atoms with E-state index in [1.807, 2.05) is 13.2 Å². The van der Waals surface area contributed by atoms with Crippen LogP contribution in [0.5, 0.6) is 0 Å². The lowest BCUT2D eigenvalue weighted by Crippen LogP contribution is -1.90. The predicted octanol–water partition coefficient (Wildman–Crippen LogP) is 1.12. The second-order valence-corrected chi connectivity index (χ2v) is 2.80. The molecule has 60 valence electrons. The summed E-state index contributed by atoms with van der Waals surface area (Å²) in [6, 6.07) is 0. The van der Waals surface area contributed by atoms with Crippen LogP contribution in [-0.2, 0) is 18.3 Å². The Morgan fingerprint density at radius 3 is 3.00 bits per heavy atom. The minimum absolute atomic E-state index is 0.297. The normalized spacial score (nSPS) is 10.0. The number of carbonyl (C=O) groups is 1. The van der Waals surface area contributed by atoms with Gasteiger partial charge in [0.25, 0.3) is 0 Å². The predicted molar refractivity (Wildman–Crippen MR) is 42.4 cm³/mol. The molecule has 0 aliphatic rings. The number of hydrogen-bond donors (Lipinski definition) is 0. The minimum atomic E-state index is -0.297. The van der Waals surface area contributed by atoms with E-state index in [0.29, 0.717) is 12.8 Å². The van der Waals surface area contributed by atoms with Crippen LogP contribution in [-0.4, -0.2) is 15.0 Å². The Kier molecular flexibility index (Phi) is 2.65. The van der Waals surface area contributed by atoms with Gasteiger partial charge in [0.05, 0.1) is 6.20 Å². The van der Waals surface area contributed by atoms with Crippen molar-refractivity contribution in [1.29, 1.82) is 0 Å². The summed E-state index contributed by atoms with van der Waals surface area (Å²) in [5.41, 5.74) is 1.04. The molecule has 0 saturated carbocycles. The number of hydrogen-bond acceptors (Lipinski definition) is 2. The van der Waals surface area contributed by atoms with Crippen molar-refractivity contribution in [3.05, 3.63) is 18.0 Å². The molecule has 0 spiro atoms. The van der Waals surface area contributed by atoms with Gasteiger partial charge in [-0.25, -0.2) is 0 Å². The van der Waals surface area contributed by atoms with Gasteiger partial charge in [-0.1, -0.05) is 0 Å². The maximum atomic E-state index is 10.4. The van der Waals surface area contributed by atoms with E-state index in [4.69, 9.17) is 11.6 Å². The quantitative estimate of drug-likeness (QED) is 0.641. The van der Waals surface area contributed by atoms with Gasteiger partial charge in [-0.05, 0) is 23.6 Å². The van der Waals surface area contributed by atoms with Gasteiger partial charge >= 0.3 is 0 Å². The lowest BCUT2D eigenvalue weighted by Gasteiger charge is -1.89. The van der Waals surface area contributed by atoms with Gasteiger partial charge in [-0.3, -0.25) is 9.48 Å². The Morgan fingerprint density at radius 1 is 1.82 bits per heavy atom. The molecule has 0 unspecified atom stereocenters. The standard InChI is InChI=1S/C7H9ClN2O/c1-10-5-6(4-9-10)2-3-7(8)11/h4-5H,2-3H2,1H3. The Hall–Kier alpha value is -0.830. The highest BCUT2D eigenvalue weighted by atomic mass is 35.5. The molecule has 0 aromatic carbocycles. The number of rotatable bonds is 3. The van der Waals surface area contributed by atoms with Gasteiger partial charge in [0.2, 0.25) is 5.24 Å². The lowest BCUT2D eigenvalue weighted by atomic mass is 10.2. The molecule has 1 aromatic rings. The number of aryl methyl sites for hydroxylation is 2. The molecule has 0 fully saturated rings. The molecule has 0 radical (unpaired) electrons. The Morgan fingerprint density at radius 2 is 2.55 bits per heavy atom. The fraction of sp³-hybridized carbons (Fsp3) is 0.429. The molecule has 0 amide bonds. The number of carbonyl (C=O) groups excluding carboxylic acids is 1. The van der Waals surface area contributed by atoms with Gasteiger partial charge in [0.1, 0.15) is 0 Å². The molecule has 0 aliphatic heterocycles. The Bertz CT molecular complexity index is 257. The van der Waals surface area contributed by atoms with Gasteiger partial charge in [0.15, 0.2) is 0 Å².